The minimum absolute atomic E-state index is 0.141. The van der Waals surface area contributed by atoms with Crippen molar-refractivity contribution in [2.75, 3.05) is 7.11 Å². The van der Waals surface area contributed by atoms with Crippen LogP contribution in [0.15, 0.2) is 18.2 Å². The summed E-state index contributed by atoms with van der Waals surface area (Å²) < 4.78 is 4.80. The van der Waals surface area contributed by atoms with Crippen molar-refractivity contribution in [3.8, 4) is 0 Å². The van der Waals surface area contributed by atoms with Crippen LogP contribution in [0, 0.1) is 0 Å². The molecule has 1 N–H and O–H groups in total. The molecule has 1 atom stereocenters. The number of hydrogen-bond acceptors (Lipinski definition) is 3. The van der Waals surface area contributed by atoms with Crippen LogP contribution in [0.3, 0.4) is 0 Å². The first-order valence-corrected chi connectivity index (χ1v) is 7.52. The molecule has 0 aromatic heterocycles. The van der Waals surface area contributed by atoms with E-state index in [-0.39, 0.29) is 12.0 Å². The van der Waals surface area contributed by atoms with E-state index in [9.17, 15) is 4.79 Å². The third kappa shape index (κ3) is 4.07. The minimum atomic E-state index is -0.149. The lowest BCUT2D eigenvalue weighted by Crippen LogP contribution is -2.38. The lowest BCUT2D eigenvalue weighted by Gasteiger charge is -2.20. The highest BCUT2D eigenvalue weighted by atomic mass is 16.5. The van der Waals surface area contributed by atoms with Gasteiger partial charge in [0.05, 0.1) is 13.5 Å². The molecule has 0 saturated heterocycles. The highest BCUT2D eigenvalue weighted by Gasteiger charge is 2.17. The molecule has 1 aromatic carbocycles. The Balaban J connectivity index is 2.04. The number of hydrogen-bond donors (Lipinski definition) is 1. The molecule has 0 aliphatic heterocycles. The normalized spacial score (nSPS) is 15.2. The van der Waals surface area contributed by atoms with Crippen LogP contribution in [0.1, 0.15) is 43.4 Å². The largest absolute Gasteiger partial charge is 0.469 e. The summed E-state index contributed by atoms with van der Waals surface area (Å²) in [4.78, 5) is 11.5. The van der Waals surface area contributed by atoms with Gasteiger partial charge in [-0.3, -0.25) is 4.79 Å². The van der Waals surface area contributed by atoms with Gasteiger partial charge in [-0.1, -0.05) is 32.0 Å². The van der Waals surface area contributed by atoms with Gasteiger partial charge in [-0.25, -0.2) is 0 Å². The molecule has 0 radical (unpaired) electrons. The third-order valence-corrected chi connectivity index (χ3v) is 3.85. The predicted molar refractivity (Wildman–Crippen MR) is 80.9 cm³/mol. The van der Waals surface area contributed by atoms with Crippen molar-refractivity contribution < 1.29 is 9.53 Å². The molecule has 1 aliphatic carbocycles. The monoisotopic (exact) mass is 275 g/mol. The van der Waals surface area contributed by atoms with Gasteiger partial charge in [-0.05, 0) is 42.4 Å². The first-order chi connectivity index (χ1) is 9.58. The van der Waals surface area contributed by atoms with E-state index in [0.29, 0.717) is 12.5 Å². The Morgan fingerprint density at radius 3 is 2.75 bits per heavy atom. The van der Waals surface area contributed by atoms with Crippen molar-refractivity contribution in [1.29, 1.82) is 0 Å². The molecule has 1 unspecified atom stereocenters. The van der Waals surface area contributed by atoms with Gasteiger partial charge < -0.3 is 10.1 Å². The van der Waals surface area contributed by atoms with E-state index in [1.165, 1.54) is 43.1 Å². The van der Waals surface area contributed by atoms with Gasteiger partial charge in [0.1, 0.15) is 0 Å². The van der Waals surface area contributed by atoms with Gasteiger partial charge >= 0.3 is 5.97 Å². The van der Waals surface area contributed by atoms with Gasteiger partial charge in [0, 0.05) is 12.1 Å². The van der Waals surface area contributed by atoms with Gasteiger partial charge in [-0.15, -0.1) is 0 Å². The second kappa shape index (κ2) is 6.89. The number of fused-ring (bicyclic) bond motifs is 1. The zero-order valence-corrected chi connectivity index (χ0v) is 12.7. The summed E-state index contributed by atoms with van der Waals surface area (Å²) >= 11 is 0. The van der Waals surface area contributed by atoms with Crippen molar-refractivity contribution in [1.82, 2.24) is 5.32 Å². The second-order valence-corrected chi connectivity index (χ2v) is 5.96. The summed E-state index contributed by atoms with van der Waals surface area (Å²) in [5.41, 5.74) is 4.30. The van der Waals surface area contributed by atoms with Crippen molar-refractivity contribution in [3.63, 3.8) is 0 Å². The molecular weight excluding hydrogens is 250 g/mol. The van der Waals surface area contributed by atoms with Crippen molar-refractivity contribution >= 4 is 5.97 Å². The van der Waals surface area contributed by atoms with E-state index in [1.54, 1.807) is 0 Å². The molecule has 1 aromatic rings. The maximum absolute atomic E-state index is 11.5. The van der Waals surface area contributed by atoms with Crippen LogP contribution in [-0.4, -0.2) is 25.2 Å². The molecular formula is C17H25NO2. The van der Waals surface area contributed by atoms with Crippen LogP contribution in [0.4, 0.5) is 0 Å². The van der Waals surface area contributed by atoms with Gasteiger partial charge in [-0.2, -0.15) is 0 Å². The highest BCUT2D eigenvalue weighted by Crippen LogP contribution is 2.23. The number of carbonyl (C=O) groups excluding carboxylic acids is 1. The average Bonchev–Trinajstić information content (AvgIpc) is 2.85. The molecule has 20 heavy (non-hydrogen) atoms. The van der Waals surface area contributed by atoms with Crippen LogP contribution in [0.25, 0.3) is 0 Å². The third-order valence-electron chi connectivity index (χ3n) is 3.85. The van der Waals surface area contributed by atoms with E-state index in [2.05, 4.69) is 37.4 Å². The van der Waals surface area contributed by atoms with Gasteiger partial charge in [0.15, 0.2) is 0 Å². The minimum Gasteiger partial charge on any atom is -0.469 e. The van der Waals surface area contributed by atoms with Crippen LogP contribution in [-0.2, 0) is 28.8 Å². The van der Waals surface area contributed by atoms with Crippen LogP contribution in [0.5, 0.6) is 0 Å². The molecule has 110 valence electrons. The van der Waals surface area contributed by atoms with Crippen molar-refractivity contribution in [3.05, 3.63) is 34.9 Å². The van der Waals surface area contributed by atoms with Gasteiger partial charge in [0.25, 0.3) is 0 Å². The molecule has 3 nitrogen and oxygen atoms in total. The number of methoxy groups -OCH3 is 1. The summed E-state index contributed by atoms with van der Waals surface area (Å²) in [7, 11) is 1.45. The fourth-order valence-electron chi connectivity index (χ4n) is 2.98. The average molecular weight is 275 g/mol. The molecule has 1 aliphatic rings. The number of rotatable bonds is 6. The highest BCUT2D eigenvalue weighted by molar-refractivity contribution is 5.70. The summed E-state index contributed by atoms with van der Waals surface area (Å²) in [6, 6.07) is 7.27. The predicted octanol–water partition coefficient (Wildman–Crippen LogP) is 2.65. The van der Waals surface area contributed by atoms with Crippen LogP contribution in [0.2, 0.25) is 0 Å². The Morgan fingerprint density at radius 1 is 1.30 bits per heavy atom. The van der Waals surface area contributed by atoms with E-state index in [0.717, 1.165) is 6.42 Å². The second-order valence-electron chi connectivity index (χ2n) is 5.96. The topological polar surface area (TPSA) is 38.3 Å². The number of nitrogens with one attached hydrogen (secondary N) is 1. The fraction of sp³-hybridized carbons (Fsp3) is 0.588. The smallest absolute Gasteiger partial charge is 0.307 e. The Morgan fingerprint density at radius 2 is 2.05 bits per heavy atom. The SMILES string of the molecule is COC(=O)CC(Cc1ccc2c(c1)CCC2)NC(C)C. The Hall–Kier alpha value is -1.35. The van der Waals surface area contributed by atoms with Crippen LogP contribution < -0.4 is 5.32 Å². The summed E-state index contributed by atoms with van der Waals surface area (Å²) in [6.45, 7) is 4.21. The summed E-state index contributed by atoms with van der Waals surface area (Å²) in [6.07, 6.45) is 4.98. The molecule has 0 amide bonds. The summed E-state index contributed by atoms with van der Waals surface area (Å²) in [5, 5.41) is 3.46. The lowest BCUT2D eigenvalue weighted by atomic mass is 9.99. The maximum atomic E-state index is 11.5. The Labute approximate surface area is 121 Å². The van der Waals surface area contributed by atoms with E-state index in [4.69, 9.17) is 4.74 Å². The molecule has 0 saturated carbocycles. The molecule has 2 rings (SSSR count). The molecule has 3 heteroatoms. The zero-order chi connectivity index (χ0) is 14.5. The van der Waals surface area contributed by atoms with E-state index < -0.39 is 0 Å². The fourth-order valence-corrected chi connectivity index (χ4v) is 2.98. The standard InChI is InChI=1S/C17H25NO2/c1-12(2)18-16(11-17(19)20-3)10-13-7-8-14-5-4-6-15(14)9-13/h7-9,12,16,18H,4-6,10-11H2,1-3H3. The number of benzene rings is 1. The number of aryl methyl sites for hydroxylation is 2. The number of carbonyl (C=O) groups is 1. The first kappa shape index (κ1) is 15.0. The van der Waals surface area contributed by atoms with Crippen molar-refractivity contribution in [2.24, 2.45) is 0 Å². The van der Waals surface area contributed by atoms with Crippen molar-refractivity contribution in [2.45, 2.75) is 58.0 Å². The maximum Gasteiger partial charge on any atom is 0.307 e. The number of esters is 1. The number of ether oxygens (including phenoxy) is 1. The quantitative estimate of drug-likeness (QED) is 0.811. The summed E-state index contributed by atoms with van der Waals surface area (Å²) in [5.74, 6) is -0.149. The lowest BCUT2D eigenvalue weighted by molar-refractivity contribution is -0.141. The van der Waals surface area contributed by atoms with E-state index >= 15 is 0 Å². The molecule has 0 fully saturated rings. The molecule has 0 spiro atoms. The molecule has 0 bridgehead atoms. The molecule has 0 heterocycles. The first-order valence-electron chi connectivity index (χ1n) is 7.52. The zero-order valence-electron chi connectivity index (χ0n) is 12.7. The van der Waals surface area contributed by atoms with Crippen LogP contribution >= 0.6 is 0 Å². The Bertz CT molecular complexity index is 468. The Kier molecular flexibility index (Phi) is 5.18. The van der Waals surface area contributed by atoms with E-state index in [1.807, 2.05) is 0 Å². The van der Waals surface area contributed by atoms with Gasteiger partial charge in [0.2, 0.25) is 0 Å².